The zero-order chi connectivity index (χ0) is 15.5. The Morgan fingerprint density at radius 3 is 2.48 bits per heavy atom. The van der Waals surface area contributed by atoms with Gasteiger partial charge in [-0.05, 0) is 35.7 Å². The van der Waals surface area contributed by atoms with E-state index in [0.717, 1.165) is 34.2 Å². The third-order valence-corrected chi connectivity index (χ3v) is 4.07. The minimum absolute atomic E-state index is 0. The summed E-state index contributed by atoms with van der Waals surface area (Å²) in [5.74, 6) is 1.64. The second-order valence-corrected chi connectivity index (χ2v) is 5.40. The highest BCUT2D eigenvalue weighted by molar-refractivity contribution is 6.17. The number of fused-ring (bicyclic) bond motifs is 1. The Hall–Kier alpha value is -1.97. The summed E-state index contributed by atoms with van der Waals surface area (Å²) >= 11 is 6.13. The van der Waals surface area contributed by atoms with E-state index in [0.29, 0.717) is 11.7 Å². The van der Waals surface area contributed by atoms with Gasteiger partial charge in [0.2, 0.25) is 0 Å². The summed E-state index contributed by atoms with van der Waals surface area (Å²) in [6, 6.07) is 16.1. The van der Waals surface area contributed by atoms with Gasteiger partial charge in [0.1, 0.15) is 11.6 Å². The van der Waals surface area contributed by atoms with Crippen LogP contribution < -0.4 is 10.5 Å². The Bertz CT molecular complexity index is 807. The van der Waals surface area contributed by atoms with Crippen molar-refractivity contribution in [2.24, 2.45) is 0 Å². The number of alkyl halides is 1. The number of nitrogens with two attached hydrogens (primary N) is 1. The molecule has 3 nitrogen and oxygen atoms in total. The summed E-state index contributed by atoms with van der Waals surface area (Å²) in [6.07, 6.45) is 0.763. The van der Waals surface area contributed by atoms with E-state index in [-0.39, 0.29) is 12.4 Å². The number of nitrogens with zero attached hydrogens (tertiary/aromatic N) is 1. The topological polar surface area (TPSA) is 48.1 Å². The number of rotatable bonds is 4. The van der Waals surface area contributed by atoms with Crippen LogP contribution in [-0.4, -0.2) is 12.1 Å². The van der Waals surface area contributed by atoms with Crippen molar-refractivity contribution < 1.29 is 4.74 Å². The van der Waals surface area contributed by atoms with Gasteiger partial charge in [-0.25, -0.2) is 4.98 Å². The van der Waals surface area contributed by atoms with Crippen LogP contribution >= 0.6 is 24.0 Å². The first-order chi connectivity index (χ1) is 10.7. The molecule has 0 aliphatic heterocycles. The molecule has 0 unspecified atom stereocenters. The van der Waals surface area contributed by atoms with E-state index in [4.69, 9.17) is 22.1 Å². The summed E-state index contributed by atoms with van der Waals surface area (Å²) in [5.41, 5.74) is 10.2. The SMILES string of the molecule is COc1ccc2nc(N)c(CCl)c(Cc3ccccc3)c2c1.Cl. The van der Waals surface area contributed by atoms with Gasteiger partial charge in [-0.3, -0.25) is 0 Å². The summed E-state index contributed by atoms with van der Waals surface area (Å²) in [6.45, 7) is 0. The first-order valence-electron chi connectivity index (χ1n) is 7.07. The smallest absolute Gasteiger partial charge is 0.128 e. The molecule has 1 aromatic heterocycles. The third kappa shape index (κ3) is 3.52. The first kappa shape index (κ1) is 17.4. The highest BCUT2D eigenvalue weighted by Crippen LogP contribution is 2.31. The van der Waals surface area contributed by atoms with E-state index in [1.807, 2.05) is 36.4 Å². The molecule has 3 rings (SSSR count). The van der Waals surface area contributed by atoms with Gasteiger partial charge >= 0.3 is 0 Å². The van der Waals surface area contributed by atoms with Crippen molar-refractivity contribution in [3.63, 3.8) is 0 Å². The predicted molar refractivity (Wildman–Crippen MR) is 98.8 cm³/mol. The average Bonchev–Trinajstić information content (AvgIpc) is 2.55. The van der Waals surface area contributed by atoms with Crippen molar-refractivity contribution in [3.8, 4) is 5.75 Å². The minimum Gasteiger partial charge on any atom is -0.497 e. The van der Waals surface area contributed by atoms with Crippen LogP contribution in [0.3, 0.4) is 0 Å². The van der Waals surface area contributed by atoms with Gasteiger partial charge in [-0.2, -0.15) is 0 Å². The molecule has 0 atom stereocenters. The zero-order valence-electron chi connectivity index (χ0n) is 12.8. The number of benzene rings is 2. The van der Waals surface area contributed by atoms with Crippen LogP contribution in [0.15, 0.2) is 48.5 Å². The normalized spacial score (nSPS) is 10.3. The van der Waals surface area contributed by atoms with Crippen molar-refractivity contribution >= 4 is 40.7 Å². The van der Waals surface area contributed by atoms with E-state index in [1.54, 1.807) is 7.11 Å². The van der Waals surface area contributed by atoms with Crippen LogP contribution in [0.25, 0.3) is 10.9 Å². The minimum atomic E-state index is 0. The van der Waals surface area contributed by atoms with Gasteiger partial charge in [-0.15, -0.1) is 24.0 Å². The van der Waals surface area contributed by atoms with Gasteiger partial charge in [0, 0.05) is 10.9 Å². The van der Waals surface area contributed by atoms with E-state index in [9.17, 15) is 0 Å². The highest BCUT2D eigenvalue weighted by atomic mass is 35.5. The number of hydrogen-bond donors (Lipinski definition) is 1. The zero-order valence-corrected chi connectivity index (χ0v) is 14.3. The van der Waals surface area contributed by atoms with Crippen LogP contribution in [0.4, 0.5) is 5.82 Å². The molecular weight excluding hydrogens is 331 g/mol. The average molecular weight is 349 g/mol. The molecule has 2 aromatic carbocycles. The lowest BCUT2D eigenvalue weighted by atomic mass is 9.96. The Morgan fingerprint density at radius 1 is 1.09 bits per heavy atom. The number of aromatic nitrogens is 1. The molecule has 0 spiro atoms. The van der Waals surface area contributed by atoms with Crippen molar-refractivity contribution in [1.29, 1.82) is 0 Å². The predicted octanol–water partition coefficient (Wildman–Crippen LogP) is 4.58. The monoisotopic (exact) mass is 348 g/mol. The van der Waals surface area contributed by atoms with Crippen molar-refractivity contribution in [1.82, 2.24) is 4.98 Å². The van der Waals surface area contributed by atoms with Crippen LogP contribution in [0.5, 0.6) is 5.75 Å². The molecule has 2 N–H and O–H groups in total. The molecular formula is C18H18Cl2N2O. The standard InChI is InChI=1S/C18H17ClN2O.ClH/c1-22-13-7-8-17-15(10-13)14(16(11-19)18(20)21-17)9-12-5-3-2-4-6-12;/h2-8,10H,9,11H2,1H3,(H2,20,21);1H. The fourth-order valence-electron chi connectivity index (χ4n) is 2.65. The maximum Gasteiger partial charge on any atom is 0.128 e. The number of anilines is 1. The number of methoxy groups -OCH3 is 1. The summed E-state index contributed by atoms with van der Waals surface area (Å²) in [7, 11) is 1.66. The molecule has 3 aromatic rings. The Balaban J connectivity index is 0.00000192. The lowest BCUT2D eigenvalue weighted by Crippen LogP contribution is -2.04. The summed E-state index contributed by atoms with van der Waals surface area (Å²) in [5, 5.41) is 1.04. The first-order valence-corrected chi connectivity index (χ1v) is 7.61. The molecule has 0 aliphatic rings. The molecule has 1 heterocycles. The molecule has 5 heteroatoms. The third-order valence-electron chi connectivity index (χ3n) is 3.80. The van der Waals surface area contributed by atoms with Crippen molar-refractivity contribution in [3.05, 3.63) is 65.2 Å². The molecule has 0 amide bonds. The molecule has 0 saturated carbocycles. The van der Waals surface area contributed by atoms with Crippen LogP contribution in [0.1, 0.15) is 16.7 Å². The highest BCUT2D eigenvalue weighted by Gasteiger charge is 2.14. The number of nitrogen functional groups attached to an aromatic ring is 1. The van der Waals surface area contributed by atoms with Crippen LogP contribution in [0.2, 0.25) is 0 Å². The van der Waals surface area contributed by atoms with Gasteiger partial charge < -0.3 is 10.5 Å². The van der Waals surface area contributed by atoms with Gasteiger partial charge in [0.15, 0.2) is 0 Å². The van der Waals surface area contributed by atoms with E-state index < -0.39 is 0 Å². The van der Waals surface area contributed by atoms with Gasteiger partial charge in [-0.1, -0.05) is 30.3 Å². The number of ether oxygens (including phenoxy) is 1. The molecule has 23 heavy (non-hydrogen) atoms. The second-order valence-electron chi connectivity index (χ2n) is 5.13. The Morgan fingerprint density at radius 2 is 1.83 bits per heavy atom. The fraction of sp³-hybridized carbons (Fsp3) is 0.167. The van der Waals surface area contributed by atoms with E-state index in [2.05, 4.69) is 17.1 Å². The van der Waals surface area contributed by atoms with Crippen molar-refractivity contribution in [2.75, 3.05) is 12.8 Å². The van der Waals surface area contributed by atoms with E-state index in [1.165, 1.54) is 5.56 Å². The quantitative estimate of drug-likeness (QED) is 0.702. The molecule has 0 radical (unpaired) electrons. The maximum absolute atomic E-state index is 6.13. The molecule has 0 bridgehead atoms. The second kappa shape index (κ2) is 7.53. The van der Waals surface area contributed by atoms with Crippen LogP contribution in [-0.2, 0) is 12.3 Å². The Kier molecular flexibility index (Phi) is 5.69. The lowest BCUT2D eigenvalue weighted by molar-refractivity contribution is 0.415. The summed E-state index contributed by atoms with van der Waals surface area (Å²) in [4.78, 5) is 4.46. The molecule has 0 saturated heterocycles. The van der Waals surface area contributed by atoms with E-state index >= 15 is 0 Å². The maximum atomic E-state index is 6.13. The molecule has 120 valence electrons. The summed E-state index contributed by atoms with van der Waals surface area (Å²) < 4.78 is 5.34. The largest absolute Gasteiger partial charge is 0.497 e. The number of hydrogen-bond acceptors (Lipinski definition) is 3. The Labute approximate surface area is 146 Å². The molecule has 0 aliphatic carbocycles. The fourth-order valence-corrected chi connectivity index (χ4v) is 2.94. The van der Waals surface area contributed by atoms with Gasteiger partial charge in [0.05, 0.1) is 18.5 Å². The van der Waals surface area contributed by atoms with Crippen molar-refractivity contribution in [2.45, 2.75) is 12.3 Å². The number of halogens is 2. The lowest BCUT2D eigenvalue weighted by Gasteiger charge is -2.14. The van der Waals surface area contributed by atoms with Crippen LogP contribution in [0, 0.1) is 0 Å². The molecule has 0 fully saturated rings. The number of pyridine rings is 1. The van der Waals surface area contributed by atoms with Gasteiger partial charge in [0.25, 0.3) is 0 Å².